The summed E-state index contributed by atoms with van der Waals surface area (Å²) in [6.07, 6.45) is 0. The minimum absolute atomic E-state index is 0.115. The van der Waals surface area contributed by atoms with Gasteiger partial charge in [0.15, 0.2) is 5.84 Å². The van der Waals surface area contributed by atoms with Gasteiger partial charge in [0.25, 0.3) is 0 Å². The lowest BCUT2D eigenvalue weighted by molar-refractivity contribution is 0.318. The number of nitrogens with two attached hydrogens (primary N) is 1. The largest absolute Gasteiger partial charge is 0.409 e. The third kappa shape index (κ3) is 4.25. The lowest BCUT2D eigenvalue weighted by atomic mass is 10.1. The molecular formula is C15H17FN4O. The average Bonchev–Trinajstić information content (AvgIpc) is 2.46. The Balaban J connectivity index is 2.01. The third-order valence-corrected chi connectivity index (χ3v) is 2.94. The van der Waals surface area contributed by atoms with Gasteiger partial charge in [-0.3, -0.25) is 4.98 Å². The summed E-state index contributed by atoms with van der Waals surface area (Å²) in [5.41, 5.74) is 8.41. The fourth-order valence-corrected chi connectivity index (χ4v) is 1.99. The monoisotopic (exact) mass is 288 g/mol. The topological polar surface area (TPSA) is 83.5 Å². The van der Waals surface area contributed by atoms with Crippen molar-refractivity contribution in [3.8, 4) is 0 Å². The third-order valence-electron chi connectivity index (χ3n) is 2.94. The molecule has 0 radical (unpaired) electrons. The molecule has 2 rings (SSSR count). The molecular weight excluding hydrogens is 271 g/mol. The van der Waals surface area contributed by atoms with Crippen LogP contribution in [0, 0.1) is 12.7 Å². The lowest BCUT2D eigenvalue weighted by Crippen LogP contribution is -2.17. The van der Waals surface area contributed by atoms with E-state index >= 15 is 0 Å². The molecule has 5 nitrogen and oxygen atoms in total. The Morgan fingerprint density at radius 1 is 1.33 bits per heavy atom. The molecule has 4 N–H and O–H groups in total. The number of aromatic nitrogens is 1. The summed E-state index contributed by atoms with van der Waals surface area (Å²) in [6, 6.07) is 10.1. The van der Waals surface area contributed by atoms with Crippen LogP contribution in [0.15, 0.2) is 41.6 Å². The number of amidine groups is 1. The van der Waals surface area contributed by atoms with E-state index in [0.29, 0.717) is 24.2 Å². The summed E-state index contributed by atoms with van der Waals surface area (Å²) in [7, 11) is 0. The van der Waals surface area contributed by atoms with Gasteiger partial charge in [0.1, 0.15) is 5.82 Å². The Kier molecular flexibility index (Phi) is 4.84. The molecule has 6 heteroatoms. The van der Waals surface area contributed by atoms with Gasteiger partial charge >= 0.3 is 0 Å². The van der Waals surface area contributed by atoms with Gasteiger partial charge in [-0.2, -0.15) is 0 Å². The van der Waals surface area contributed by atoms with Gasteiger partial charge in [0.2, 0.25) is 0 Å². The molecule has 1 heterocycles. The minimum atomic E-state index is -0.426. The van der Waals surface area contributed by atoms with E-state index in [1.807, 2.05) is 25.1 Å². The van der Waals surface area contributed by atoms with Crippen molar-refractivity contribution in [2.75, 3.05) is 0 Å². The molecule has 0 aliphatic rings. The highest BCUT2D eigenvalue weighted by atomic mass is 19.1. The molecule has 0 bridgehead atoms. The van der Waals surface area contributed by atoms with Crippen molar-refractivity contribution in [3.05, 3.63) is 64.7 Å². The van der Waals surface area contributed by atoms with Crippen LogP contribution in [0.25, 0.3) is 0 Å². The zero-order valence-corrected chi connectivity index (χ0v) is 11.7. The van der Waals surface area contributed by atoms with Crippen molar-refractivity contribution in [2.45, 2.75) is 20.0 Å². The van der Waals surface area contributed by atoms with Crippen LogP contribution in [0.2, 0.25) is 0 Å². The SMILES string of the molecule is Cc1cccc(CNCc2cc(F)cc(/C(N)=N/O)c2)n1. The van der Waals surface area contributed by atoms with E-state index in [9.17, 15) is 4.39 Å². The van der Waals surface area contributed by atoms with Crippen LogP contribution in [0.1, 0.15) is 22.5 Å². The fourth-order valence-electron chi connectivity index (χ4n) is 1.99. The van der Waals surface area contributed by atoms with Crippen LogP contribution in [-0.4, -0.2) is 16.0 Å². The molecule has 110 valence electrons. The lowest BCUT2D eigenvalue weighted by Gasteiger charge is -2.07. The molecule has 2 aromatic rings. The van der Waals surface area contributed by atoms with E-state index in [-0.39, 0.29) is 5.84 Å². The van der Waals surface area contributed by atoms with Gasteiger partial charge in [0, 0.05) is 24.3 Å². The zero-order chi connectivity index (χ0) is 15.2. The molecule has 0 fully saturated rings. The number of hydrogen-bond acceptors (Lipinski definition) is 4. The van der Waals surface area contributed by atoms with E-state index < -0.39 is 5.82 Å². The Bertz CT molecular complexity index is 658. The number of aryl methyl sites for hydroxylation is 1. The molecule has 0 atom stereocenters. The predicted octanol–water partition coefficient (Wildman–Crippen LogP) is 1.91. The van der Waals surface area contributed by atoms with Gasteiger partial charge in [-0.15, -0.1) is 0 Å². The number of nitrogens with one attached hydrogen (secondary N) is 1. The summed E-state index contributed by atoms with van der Waals surface area (Å²) < 4.78 is 13.5. The summed E-state index contributed by atoms with van der Waals surface area (Å²) in [6.45, 7) is 2.97. The Hall–Kier alpha value is -2.47. The van der Waals surface area contributed by atoms with Gasteiger partial charge in [-0.25, -0.2) is 4.39 Å². The van der Waals surface area contributed by atoms with Crippen LogP contribution in [0.4, 0.5) is 4.39 Å². The number of nitrogens with zero attached hydrogens (tertiary/aromatic N) is 2. The zero-order valence-electron chi connectivity index (χ0n) is 11.7. The van der Waals surface area contributed by atoms with Crippen molar-refractivity contribution < 1.29 is 9.60 Å². The Morgan fingerprint density at radius 2 is 2.14 bits per heavy atom. The summed E-state index contributed by atoms with van der Waals surface area (Å²) in [4.78, 5) is 4.37. The second-order valence-electron chi connectivity index (χ2n) is 4.71. The van der Waals surface area contributed by atoms with Crippen molar-refractivity contribution in [3.63, 3.8) is 0 Å². The molecule has 0 aliphatic carbocycles. The highest BCUT2D eigenvalue weighted by Gasteiger charge is 2.05. The van der Waals surface area contributed by atoms with Crippen molar-refractivity contribution in [1.82, 2.24) is 10.3 Å². The highest BCUT2D eigenvalue weighted by Crippen LogP contribution is 2.09. The first-order valence-electron chi connectivity index (χ1n) is 6.49. The van der Waals surface area contributed by atoms with Gasteiger partial charge < -0.3 is 16.3 Å². The maximum atomic E-state index is 13.5. The molecule has 0 saturated heterocycles. The van der Waals surface area contributed by atoms with Crippen molar-refractivity contribution in [1.29, 1.82) is 0 Å². The van der Waals surface area contributed by atoms with E-state index in [1.54, 1.807) is 6.07 Å². The van der Waals surface area contributed by atoms with Crippen LogP contribution in [-0.2, 0) is 13.1 Å². The minimum Gasteiger partial charge on any atom is -0.409 e. The number of oxime groups is 1. The fraction of sp³-hybridized carbons (Fsp3) is 0.200. The van der Waals surface area contributed by atoms with Gasteiger partial charge in [-0.1, -0.05) is 11.2 Å². The molecule has 1 aromatic carbocycles. The van der Waals surface area contributed by atoms with Gasteiger partial charge in [0.05, 0.1) is 5.69 Å². The maximum absolute atomic E-state index is 13.5. The number of pyridine rings is 1. The molecule has 1 aromatic heterocycles. The number of benzene rings is 1. The van der Waals surface area contributed by atoms with Crippen LogP contribution in [0.3, 0.4) is 0 Å². The summed E-state index contributed by atoms with van der Waals surface area (Å²) in [5, 5.41) is 14.7. The first-order valence-corrected chi connectivity index (χ1v) is 6.49. The van der Waals surface area contributed by atoms with Crippen LogP contribution < -0.4 is 11.1 Å². The molecule has 0 amide bonds. The van der Waals surface area contributed by atoms with Crippen molar-refractivity contribution in [2.24, 2.45) is 10.9 Å². The maximum Gasteiger partial charge on any atom is 0.170 e. The molecule has 21 heavy (non-hydrogen) atoms. The highest BCUT2D eigenvalue weighted by molar-refractivity contribution is 5.97. The summed E-state index contributed by atoms with van der Waals surface area (Å²) >= 11 is 0. The van der Waals surface area contributed by atoms with Crippen LogP contribution in [0.5, 0.6) is 0 Å². The number of halogens is 1. The van der Waals surface area contributed by atoms with E-state index in [0.717, 1.165) is 11.4 Å². The number of rotatable bonds is 5. The second-order valence-corrected chi connectivity index (χ2v) is 4.71. The second kappa shape index (κ2) is 6.81. The predicted molar refractivity (Wildman–Crippen MR) is 78.4 cm³/mol. The normalized spacial score (nSPS) is 11.6. The van der Waals surface area contributed by atoms with Crippen LogP contribution >= 0.6 is 0 Å². The molecule has 0 spiro atoms. The standard InChI is InChI=1S/C15H17FN4O/c1-10-3-2-4-14(19-10)9-18-8-11-5-12(15(17)20-21)7-13(16)6-11/h2-7,18,21H,8-9H2,1H3,(H2,17,20). The first-order chi connectivity index (χ1) is 10.1. The molecule has 0 aliphatic heterocycles. The number of hydrogen-bond donors (Lipinski definition) is 3. The van der Waals surface area contributed by atoms with Gasteiger partial charge in [-0.05, 0) is 42.8 Å². The quantitative estimate of drug-likeness (QED) is 0.340. The summed E-state index contributed by atoms with van der Waals surface area (Å²) in [5.74, 6) is -0.541. The van der Waals surface area contributed by atoms with Crippen molar-refractivity contribution >= 4 is 5.84 Å². The Labute approximate surface area is 122 Å². The average molecular weight is 288 g/mol. The van der Waals surface area contributed by atoms with E-state index in [4.69, 9.17) is 10.9 Å². The van der Waals surface area contributed by atoms with E-state index in [2.05, 4.69) is 15.5 Å². The molecule has 0 unspecified atom stereocenters. The van der Waals surface area contributed by atoms with E-state index in [1.165, 1.54) is 12.1 Å². The Morgan fingerprint density at radius 3 is 2.86 bits per heavy atom. The molecule has 0 saturated carbocycles. The smallest absolute Gasteiger partial charge is 0.170 e. The first kappa shape index (κ1) is 14.9.